The van der Waals surface area contributed by atoms with Crippen molar-refractivity contribution in [2.24, 2.45) is 0 Å². The number of hydrogen-bond donors (Lipinski definition) is 2. The van der Waals surface area contributed by atoms with Crippen molar-refractivity contribution in [1.29, 1.82) is 0 Å². The third-order valence-electron chi connectivity index (χ3n) is 2.29. The predicted octanol–water partition coefficient (Wildman–Crippen LogP) is 2.13. The molecule has 0 fully saturated rings. The Balaban J connectivity index is 2.75. The average Bonchev–Trinajstić information content (AvgIpc) is 2.25. The average molecular weight is 244 g/mol. The first-order chi connectivity index (χ1) is 7.69. The van der Waals surface area contributed by atoms with E-state index < -0.39 is 0 Å². The SMILES string of the molecule is CCOc1cc(C)c(CNCCO)cc1Cl. The molecule has 90 valence electrons. The monoisotopic (exact) mass is 243 g/mol. The summed E-state index contributed by atoms with van der Waals surface area (Å²) >= 11 is 6.09. The van der Waals surface area contributed by atoms with Crippen molar-refractivity contribution in [3.63, 3.8) is 0 Å². The summed E-state index contributed by atoms with van der Waals surface area (Å²) in [5.74, 6) is 0.729. The Kier molecular flexibility index (Phi) is 5.60. The Bertz CT molecular complexity index is 342. The van der Waals surface area contributed by atoms with E-state index in [9.17, 15) is 0 Å². The van der Waals surface area contributed by atoms with E-state index in [1.54, 1.807) is 0 Å². The lowest BCUT2D eigenvalue weighted by molar-refractivity contribution is 0.292. The highest BCUT2D eigenvalue weighted by Crippen LogP contribution is 2.28. The number of aliphatic hydroxyl groups excluding tert-OH is 1. The van der Waals surface area contributed by atoms with Crippen molar-refractivity contribution in [2.45, 2.75) is 20.4 Å². The molecule has 0 aromatic heterocycles. The molecule has 0 spiro atoms. The van der Waals surface area contributed by atoms with Crippen molar-refractivity contribution in [3.05, 3.63) is 28.3 Å². The van der Waals surface area contributed by atoms with Gasteiger partial charge in [-0.2, -0.15) is 0 Å². The molecule has 0 aliphatic carbocycles. The van der Waals surface area contributed by atoms with Gasteiger partial charge in [-0.1, -0.05) is 11.6 Å². The zero-order valence-corrected chi connectivity index (χ0v) is 10.5. The lowest BCUT2D eigenvalue weighted by atomic mass is 10.1. The Morgan fingerprint density at radius 3 is 2.81 bits per heavy atom. The maximum atomic E-state index is 8.67. The minimum atomic E-state index is 0.143. The van der Waals surface area contributed by atoms with Crippen LogP contribution in [0.15, 0.2) is 12.1 Å². The molecule has 0 bridgehead atoms. The number of aryl methyl sites for hydroxylation is 1. The van der Waals surface area contributed by atoms with Gasteiger partial charge in [0.05, 0.1) is 18.2 Å². The van der Waals surface area contributed by atoms with Gasteiger partial charge in [0, 0.05) is 13.1 Å². The normalized spacial score (nSPS) is 10.5. The Morgan fingerprint density at radius 1 is 1.44 bits per heavy atom. The summed E-state index contributed by atoms with van der Waals surface area (Å²) in [6, 6.07) is 3.86. The molecular formula is C12H18ClNO2. The maximum Gasteiger partial charge on any atom is 0.138 e. The predicted molar refractivity (Wildman–Crippen MR) is 66.2 cm³/mol. The summed E-state index contributed by atoms with van der Waals surface area (Å²) in [5, 5.41) is 12.4. The highest BCUT2D eigenvalue weighted by Gasteiger charge is 2.06. The van der Waals surface area contributed by atoms with Crippen LogP contribution in [0.5, 0.6) is 5.75 Å². The van der Waals surface area contributed by atoms with Gasteiger partial charge in [0.1, 0.15) is 5.75 Å². The first kappa shape index (κ1) is 13.3. The van der Waals surface area contributed by atoms with Gasteiger partial charge in [-0.25, -0.2) is 0 Å². The van der Waals surface area contributed by atoms with E-state index in [4.69, 9.17) is 21.4 Å². The number of ether oxygens (including phenoxy) is 1. The molecule has 0 amide bonds. The van der Waals surface area contributed by atoms with Gasteiger partial charge in [0.25, 0.3) is 0 Å². The van der Waals surface area contributed by atoms with E-state index in [0.29, 0.717) is 24.7 Å². The van der Waals surface area contributed by atoms with Crippen LogP contribution >= 0.6 is 11.6 Å². The molecule has 1 rings (SSSR count). The third kappa shape index (κ3) is 3.67. The zero-order valence-electron chi connectivity index (χ0n) is 9.72. The van der Waals surface area contributed by atoms with Crippen LogP contribution in [-0.4, -0.2) is 24.9 Å². The number of benzene rings is 1. The highest BCUT2D eigenvalue weighted by molar-refractivity contribution is 6.32. The van der Waals surface area contributed by atoms with Crippen LogP contribution in [0.3, 0.4) is 0 Å². The molecular weight excluding hydrogens is 226 g/mol. The quantitative estimate of drug-likeness (QED) is 0.753. The smallest absolute Gasteiger partial charge is 0.138 e. The molecule has 16 heavy (non-hydrogen) atoms. The van der Waals surface area contributed by atoms with Crippen molar-refractivity contribution in [3.8, 4) is 5.75 Å². The van der Waals surface area contributed by atoms with Crippen LogP contribution in [-0.2, 0) is 6.54 Å². The van der Waals surface area contributed by atoms with Crippen molar-refractivity contribution >= 4 is 11.6 Å². The molecule has 4 heteroatoms. The molecule has 1 aromatic rings. The molecule has 3 nitrogen and oxygen atoms in total. The largest absolute Gasteiger partial charge is 0.492 e. The molecule has 0 aliphatic rings. The first-order valence-electron chi connectivity index (χ1n) is 5.42. The summed E-state index contributed by atoms with van der Waals surface area (Å²) in [6.45, 7) is 6.01. The van der Waals surface area contributed by atoms with Crippen molar-refractivity contribution in [2.75, 3.05) is 19.8 Å². The second kappa shape index (κ2) is 6.74. The van der Waals surface area contributed by atoms with E-state index in [2.05, 4.69) is 5.32 Å². The van der Waals surface area contributed by atoms with Crippen LogP contribution < -0.4 is 10.1 Å². The molecule has 0 heterocycles. The molecule has 1 aromatic carbocycles. The maximum absolute atomic E-state index is 8.67. The van der Waals surface area contributed by atoms with Crippen LogP contribution in [0.2, 0.25) is 5.02 Å². The third-order valence-corrected chi connectivity index (χ3v) is 2.59. The van der Waals surface area contributed by atoms with Crippen LogP contribution in [0.4, 0.5) is 0 Å². The Labute approximate surface area is 101 Å². The molecule has 0 unspecified atom stereocenters. The van der Waals surface area contributed by atoms with Gasteiger partial charge in [0.2, 0.25) is 0 Å². The Hall–Kier alpha value is -0.770. The number of rotatable bonds is 6. The van der Waals surface area contributed by atoms with Gasteiger partial charge in [0.15, 0.2) is 0 Å². The van der Waals surface area contributed by atoms with Crippen LogP contribution in [0.25, 0.3) is 0 Å². The minimum Gasteiger partial charge on any atom is -0.492 e. The van der Waals surface area contributed by atoms with E-state index in [1.165, 1.54) is 0 Å². The van der Waals surface area contributed by atoms with Gasteiger partial charge in [-0.15, -0.1) is 0 Å². The molecule has 0 radical (unpaired) electrons. The zero-order chi connectivity index (χ0) is 12.0. The van der Waals surface area contributed by atoms with Gasteiger partial charge in [-0.3, -0.25) is 0 Å². The minimum absolute atomic E-state index is 0.143. The first-order valence-corrected chi connectivity index (χ1v) is 5.80. The van der Waals surface area contributed by atoms with E-state index in [1.807, 2.05) is 26.0 Å². The fraction of sp³-hybridized carbons (Fsp3) is 0.500. The second-order valence-corrected chi connectivity index (χ2v) is 3.95. The number of nitrogens with one attached hydrogen (secondary N) is 1. The standard InChI is InChI=1S/C12H18ClNO2/c1-3-16-12-6-9(2)10(7-11(12)13)8-14-4-5-15/h6-7,14-15H,3-5,8H2,1-2H3. The lowest BCUT2D eigenvalue weighted by Gasteiger charge is -2.11. The van der Waals surface area contributed by atoms with Crippen molar-refractivity contribution < 1.29 is 9.84 Å². The summed E-state index contributed by atoms with van der Waals surface area (Å²) in [7, 11) is 0. The fourth-order valence-electron chi connectivity index (χ4n) is 1.45. The summed E-state index contributed by atoms with van der Waals surface area (Å²) in [5.41, 5.74) is 2.26. The van der Waals surface area contributed by atoms with Gasteiger partial charge < -0.3 is 15.2 Å². The lowest BCUT2D eigenvalue weighted by Crippen LogP contribution is -2.18. The Morgan fingerprint density at radius 2 is 2.19 bits per heavy atom. The number of hydrogen-bond acceptors (Lipinski definition) is 3. The topological polar surface area (TPSA) is 41.5 Å². The summed E-state index contributed by atoms with van der Waals surface area (Å²) in [6.07, 6.45) is 0. The molecule has 2 N–H and O–H groups in total. The fourth-order valence-corrected chi connectivity index (χ4v) is 1.70. The molecule has 0 atom stereocenters. The summed E-state index contributed by atoms with van der Waals surface area (Å²) < 4.78 is 5.41. The van der Waals surface area contributed by atoms with E-state index in [-0.39, 0.29) is 6.61 Å². The van der Waals surface area contributed by atoms with Gasteiger partial charge in [-0.05, 0) is 37.1 Å². The van der Waals surface area contributed by atoms with Crippen molar-refractivity contribution in [1.82, 2.24) is 5.32 Å². The molecule has 0 saturated heterocycles. The van der Waals surface area contributed by atoms with Crippen LogP contribution in [0, 0.1) is 6.92 Å². The number of halogens is 1. The summed E-state index contributed by atoms with van der Waals surface area (Å²) in [4.78, 5) is 0. The van der Waals surface area contributed by atoms with E-state index >= 15 is 0 Å². The number of aliphatic hydroxyl groups is 1. The van der Waals surface area contributed by atoms with Crippen LogP contribution in [0.1, 0.15) is 18.1 Å². The molecule has 0 aliphatic heterocycles. The van der Waals surface area contributed by atoms with E-state index in [0.717, 1.165) is 16.9 Å². The van der Waals surface area contributed by atoms with Gasteiger partial charge >= 0.3 is 0 Å². The second-order valence-electron chi connectivity index (χ2n) is 3.54. The molecule has 0 saturated carbocycles. The highest BCUT2D eigenvalue weighted by atomic mass is 35.5.